The van der Waals surface area contributed by atoms with E-state index in [2.05, 4.69) is 5.32 Å². The van der Waals surface area contributed by atoms with Crippen LogP contribution in [0.2, 0.25) is 5.02 Å². The van der Waals surface area contributed by atoms with Crippen molar-refractivity contribution in [2.24, 2.45) is 0 Å². The lowest BCUT2D eigenvalue weighted by Crippen LogP contribution is -2.28. The van der Waals surface area contributed by atoms with Crippen molar-refractivity contribution in [1.29, 1.82) is 0 Å². The first-order chi connectivity index (χ1) is 6.20. The summed E-state index contributed by atoms with van der Waals surface area (Å²) in [6.07, 6.45) is 0.728. The minimum absolute atomic E-state index is 0. The van der Waals surface area contributed by atoms with E-state index in [1.807, 2.05) is 6.92 Å². The third-order valence-corrected chi connectivity index (χ3v) is 2.83. The molecule has 78 valence electrons. The first kappa shape index (κ1) is 11.8. The zero-order valence-corrected chi connectivity index (χ0v) is 9.38. The molecule has 1 unspecified atom stereocenters. The van der Waals surface area contributed by atoms with E-state index in [4.69, 9.17) is 11.6 Å². The predicted molar refractivity (Wildman–Crippen MR) is 58.8 cm³/mol. The molecule has 4 heteroatoms. The summed E-state index contributed by atoms with van der Waals surface area (Å²) in [5.41, 5.74) is 1.70. The van der Waals surface area contributed by atoms with Gasteiger partial charge in [0.05, 0.1) is 0 Å². The van der Waals surface area contributed by atoms with Crippen molar-refractivity contribution in [3.05, 3.63) is 34.1 Å². The predicted octanol–water partition coefficient (Wildman–Crippen LogP) is 3.11. The Balaban J connectivity index is 0.000000980. The third kappa shape index (κ3) is 1.88. The fourth-order valence-electron chi connectivity index (χ4n) is 1.85. The lowest BCUT2D eigenvalue weighted by atomic mass is 9.95. The summed E-state index contributed by atoms with van der Waals surface area (Å²) in [4.78, 5) is 0. The van der Waals surface area contributed by atoms with Crippen molar-refractivity contribution in [1.82, 2.24) is 5.32 Å². The van der Waals surface area contributed by atoms with Crippen LogP contribution in [-0.4, -0.2) is 6.54 Å². The maximum Gasteiger partial charge on any atom is 0.126 e. The van der Waals surface area contributed by atoms with E-state index in [0.29, 0.717) is 5.02 Å². The number of benzene rings is 1. The van der Waals surface area contributed by atoms with Crippen LogP contribution in [0.1, 0.15) is 24.1 Å². The van der Waals surface area contributed by atoms with Gasteiger partial charge in [-0.3, -0.25) is 0 Å². The molecule has 1 heterocycles. The molecule has 0 bridgehead atoms. The van der Waals surface area contributed by atoms with Crippen molar-refractivity contribution in [3.8, 4) is 0 Å². The van der Waals surface area contributed by atoms with Crippen LogP contribution in [0.4, 0.5) is 4.39 Å². The van der Waals surface area contributed by atoms with Crippen molar-refractivity contribution in [3.63, 3.8) is 0 Å². The topological polar surface area (TPSA) is 12.0 Å². The van der Waals surface area contributed by atoms with E-state index < -0.39 is 0 Å². The lowest BCUT2D eigenvalue weighted by Gasteiger charge is -2.25. The number of halogens is 3. The van der Waals surface area contributed by atoms with Crippen molar-refractivity contribution >= 4 is 24.0 Å². The number of hydrogen-bond acceptors (Lipinski definition) is 1. The monoisotopic (exact) mass is 235 g/mol. The highest BCUT2D eigenvalue weighted by atomic mass is 35.5. The molecule has 1 aromatic carbocycles. The molecule has 0 saturated heterocycles. The fourth-order valence-corrected chi connectivity index (χ4v) is 2.19. The molecular formula is C10H12Cl2FN. The quantitative estimate of drug-likeness (QED) is 0.729. The molecule has 1 aromatic rings. The normalized spacial score (nSPS) is 19.8. The summed E-state index contributed by atoms with van der Waals surface area (Å²) >= 11 is 6.00. The average Bonchev–Trinajstić information content (AvgIpc) is 2.12. The first-order valence-electron chi connectivity index (χ1n) is 4.40. The van der Waals surface area contributed by atoms with E-state index in [-0.39, 0.29) is 24.3 Å². The molecule has 0 radical (unpaired) electrons. The average molecular weight is 236 g/mol. The third-order valence-electron chi connectivity index (χ3n) is 2.51. The Morgan fingerprint density at radius 3 is 2.86 bits per heavy atom. The van der Waals surface area contributed by atoms with Crippen LogP contribution in [0.25, 0.3) is 0 Å². The molecule has 1 N–H and O–H groups in total. The Hall–Kier alpha value is -0.310. The molecule has 2 rings (SSSR count). The second kappa shape index (κ2) is 4.47. The maximum absolute atomic E-state index is 13.3. The van der Waals surface area contributed by atoms with E-state index in [0.717, 1.165) is 24.1 Å². The Kier molecular flexibility index (Phi) is 3.76. The Labute approximate surface area is 94.1 Å². The molecule has 1 nitrogen and oxygen atoms in total. The van der Waals surface area contributed by atoms with Gasteiger partial charge in [-0.1, -0.05) is 11.6 Å². The zero-order valence-electron chi connectivity index (χ0n) is 7.81. The van der Waals surface area contributed by atoms with Crippen molar-refractivity contribution < 1.29 is 4.39 Å². The molecular weight excluding hydrogens is 224 g/mol. The largest absolute Gasteiger partial charge is 0.310 e. The van der Waals surface area contributed by atoms with Crippen LogP contribution in [0, 0.1) is 5.82 Å². The van der Waals surface area contributed by atoms with E-state index >= 15 is 0 Å². The van der Waals surface area contributed by atoms with Gasteiger partial charge in [0.2, 0.25) is 0 Å². The molecule has 14 heavy (non-hydrogen) atoms. The molecule has 1 aliphatic rings. The van der Waals surface area contributed by atoms with Gasteiger partial charge in [-0.15, -0.1) is 12.4 Å². The standard InChI is InChI=1S/C10H11ClFN.ClH/c1-6-10-7(4-5-13-6)9(12)3-2-8(10)11;/h2-3,6,13H,4-5H2,1H3;1H. The van der Waals surface area contributed by atoms with Gasteiger partial charge >= 0.3 is 0 Å². The van der Waals surface area contributed by atoms with Gasteiger partial charge in [0.1, 0.15) is 5.82 Å². The minimum Gasteiger partial charge on any atom is -0.310 e. The molecule has 0 amide bonds. The van der Waals surface area contributed by atoms with Crippen molar-refractivity contribution in [2.75, 3.05) is 6.54 Å². The summed E-state index contributed by atoms with van der Waals surface area (Å²) < 4.78 is 13.3. The van der Waals surface area contributed by atoms with Crippen LogP contribution in [-0.2, 0) is 6.42 Å². The van der Waals surface area contributed by atoms with E-state index in [9.17, 15) is 4.39 Å². The summed E-state index contributed by atoms with van der Waals surface area (Å²) in [7, 11) is 0. The summed E-state index contributed by atoms with van der Waals surface area (Å²) in [5, 5.41) is 3.92. The summed E-state index contributed by atoms with van der Waals surface area (Å²) in [6, 6.07) is 3.23. The Bertz CT molecular complexity index is 341. The zero-order chi connectivity index (χ0) is 9.42. The molecule has 0 saturated carbocycles. The number of rotatable bonds is 0. The summed E-state index contributed by atoms with van der Waals surface area (Å²) in [5.74, 6) is -0.132. The molecule has 1 atom stereocenters. The van der Waals surface area contributed by atoms with Crippen LogP contribution in [0.3, 0.4) is 0 Å². The van der Waals surface area contributed by atoms with Gasteiger partial charge in [0, 0.05) is 11.1 Å². The maximum atomic E-state index is 13.3. The highest BCUT2D eigenvalue weighted by molar-refractivity contribution is 6.31. The SMILES string of the molecule is CC1NCCc2c(F)ccc(Cl)c21.Cl. The molecule has 1 aliphatic heterocycles. The lowest BCUT2D eigenvalue weighted by molar-refractivity contribution is 0.513. The minimum atomic E-state index is -0.132. The molecule has 0 spiro atoms. The molecule has 0 fully saturated rings. The second-order valence-corrected chi connectivity index (χ2v) is 3.75. The van der Waals surface area contributed by atoms with Crippen LogP contribution < -0.4 is 5.32 Å². The van der Waals surface area contributed by atoms with Crippen LogP contribution in [0.15, 0.2) is 12.1 Å². The smallest absolute Gasteiger partial charge is 0.126 e. The number of fused-ring (bicyclic) bond motifs is 1. The summed E-state index contributed by atoms with van der Waals surface area (Å²) in [6.45, 7) is 2.83. The number of nitrogens with one attached hydrogen (secondary N) is 1. The van der Waals surface area contributed by atoms with E-state index in [1.165, 1.54) is 6.07 Å². The van der Waals surface area contributed by atoms with Gasteiger partial charge in [-0.2, -0.15) is 0 Å². The van der Waals surface area contributed by atoms with Gasteiger partial charge < -0.3 is 5.32 Å². The highest BCUT2D eigenvalue weighted by Gasteiger charge is 2.21. The van der Waals surface area contributed by atoms with Gasteiger partial charge in [0.15, 0.2) is 0 Å². The van der Waals surface area contributed by atoms with Crippen LogP contribution >= 0.6 is 24.0 Å². The van der Waals surface area contributed by atoms with Gasteiger partial charge in [-0.05, 0) is 43.1 Å². The van der Waals surface area contributed by atoms with E-state index in [1.54, 1.807) is 6.07 Å². The van der Waals surface area contributed by atoms with Gasteiger partial charge in [-0.25, -0.2) is 4.39 Å². The van der Waals surface area contributed by atoms with Gasteiger partial charge in [0.25, 0.3) is 0 Å². The molecule has 0 aromatic heterocycles. The van der Waals surface area contributed by atoms with Crippen LogP contribution in [0.5, 0.6) is 0 Å². The first-order valence-corrected chi connectivity index (χ1v) is 4.78. The second-order valence-electron chi connectivity index (χ2n) is 3.35. The number of hydrogen-bond donors (Lipinski definition) is 1. The fraction of sp³-hybridized carbons (Fsp3) is 0.400. The highest BCUT2D eigenvalue weighted by Crippen LogP contribution is 2.31. The Morgan fingerprint density at radius 2 is 2.21 bits per heavy atom. The Morgan fingerprint density at radius 1 is 1.50 bits per heavy atom. The van der Waals surface area contributed by atoms with Crippen molar-refractivity contribution in [2.45, 2.75) is 19.4 Å². The molecule has 0 aliphatic carbocycles.